The van der Waals surface area contributed by atoms with Gasteiger partial charge in [-0.2, -0.15) is 0 Å². The molecule has 0 spiro atoms. The van der Waals surface area contributed by atoms with Gasteiger partial charge in [0.2, 0.25) is 11.8 Å². The second-order valence-electron chi connectivity index (χ2n) is 7.43. The average molecular weight is 411 g/mol. The van der Waals surface area contributed by atoms with Crippen molar-refractivity contribution in [3.8, 4) is 5.75 Å². The molecule has 0 radical (unpaired) electrons. The number of hydrogen-bond donors (Lipinski definition) is 1. The van der Waals surface area contributed by atoms with E-state index in [1.165, 1.54) is 0 Å². The highest BCUT2D eigenvalue weighted by Gasteiger charge is 2.29. The quantitative estimate of drug-likeness (QED) is 0.529. The smallest absolute Gasteiger partial charge is 0.243 e. The fourth-order valence-corrected chi connectivity index (χ4v) is 3.39. The van der Waals surface area contributed by atoms with Gasteiger partial charge in [-0.25, -0.2) is 0 Å². The lowest BCUT2D eigenvalue weighted by Gasteiger charge is -2.31. The molecule has 0 aromatic heterocycles. The van der Waals surface area contributed by atoms with Crippen molar-refractivity contribution in [3.05, 3.63) is 65.7 Å². The third-order valence-corrected chi connectivity index (χ3v) is 5.17. The molecule has 0 heterocycles. The molecule has 2 aromatic carbocycles. The molecule has 0 bridgehead atoms. The molecular formula is C25H34N2O3. The predicted molar refractivity (Wildman–Crippen MR) is 120 cm³/mol. The highest BCUT2D eigenvalue weighted by Crippen LogP contribution is 2.18. The SMILES string of the molecule is CCCCCNC(=O)C(Cc1ccccc1)N(Cc1ccc(OC)cc1)C(=O)CC. The number of ether oxygens (including phenoxy) is 1. The number of nitrogens with zero attached hydrogens (tertiary/aromatic N) is 1. The van der Waals surface area contributed by atoms with E-state index >= 15 is 0 Å². The minimum absolute atomic E-state index is 0.0320. The van der Waals surface area contributed by atoms with Crippen molar-refractivity contribution in [2.24, 2.45) is 0 Å². The molecule has 0 fully saturated rings. The van der Waals surface area contributed by atoms with E-state index < -0.39 is 6.04 Å². The second kappa shape index (κ2) is 12.7. The van der Waals surface area contributed by atoms with Crippen molar-refractivity contribution in [2.45, 2.75) is 58.5 Å². The monoisotopic (exact) mass is 410 g/mol. The van der Waals surface area contributed by atoms with E-state index in [4.69, 9.17) is 4.74 Å². The number of hydrogen-bond acceptors (Lipinski definition) is 3. The van der Waals surface area contributed by atoms with Gasteiger partial charge < -0.3 is 15.0 Å². The first-order valence-electron chi connectivity index (χ1n) is 10.8. The largest absolute Gasteiger partial charge is 0.497 e. The Labute approximate surface area is 180 Å². The maximum Gasteiger partial charge on any atom is 0.243 e. The van der Waals surface area contributed by atoms with Crippen molar-refractivity contribution in [1.29, 1.82) is 0 Å². The van der Waals surface area contributed by atoms with Crippen molar-refractivity contribution in [1.82, 2.24) is 10.2 Å². The molecule has 0 aliphatic heterocycles. The highest BCUT2D eigenvalue weighted by molar-refractivity contribution is 5.87. The summed E-state index contributed by atoms with van der Waals surface area (Å²) in [4.78, 5) is 27.7. The van der Waals surface area contributed by atoms with Gasteiger partial charge in [-0.05, 0) is 29.7 Å². The van der Waals surface area contributed by atoms with E-state index in [-0.39, 0.29) is 11.8 Å². The molecule has 5 heteroatoms. The number of nitrogens with one attached hydrogen (secondary N) is 1. The first-order valence-corrected chi connectivity index (χ1v) is 10.8. The number of rotatable bonds is 12. The summed E-state index contributed by atoms with van der Waals surface area (Å²) in [6.07, 6.45) is 3.96. The lowest BCUT2D eigenvalue weighted by atomic mass is 10.0. The zero-order valence-corrected chi connectivity index (χ0v) is 18.4. The first kappa shape index (κ1) is 23.5. The molecular weight excluding hydrogens is 376 g/mol. The Morgan fingerprint density at radius 3 is 2.27 bits per heavy atom. The maximum atomic E-state index is 13.1. The molecule has 162 valence electrons. The highest BCUT2D eigenvalue weighted by atomic mass is 16.5. The van der Waals surface area contributed by atoms with Gasteiger partial charge in [0, 0.05) is 25.9 Å². The van der Waals surface area contributed by atoms with E-state index in [1.54, 1.807) is 12.0 Å². The molecule has 5 nitrogen and oxygen atoms in total. The van der Waals surface area contributed by atoms with Crippen LogP contribution in [0.5, 0.6) is 5.75 Å². The molecule has 1 unspecified atom stereocenters. The summed E-state index contributed by atoms with van der Waals surface area (Å²) in [5.74, 6) is 0.641. The van der Waals surface area contributed by atoms with Crippen LogP contribution in [0.4, 0.5) is 0 Å². The molecule has 30 heavy (non-hydrogen) atoms. The summed E-state index contributed by atoms with van der Waals surface area (Å²) >= 11 is 0. The maximum absolute atomic E-state index is 13.1. The summed E-state index contributed by atoms with van der Waals surface area (Å²) in [6.45, 7) is 4.99. The zero-order valence-electron chi connectivity index (χ0n) is 18.4. The number of unbranched alkanes of at least 4 members (excludes halogenated alkanes) is 2. The van der Waals surface area contributed by atoms with Gasteiger partial charge in [0.1, 0.15) is 11.8 Å². The molecule has 1 N–H and O–H groups in total. The average Bonchev–Trinajstić information content (AvgIpc) is 2.79. The van der Waals surface area contributed by atoms with E-state index in [0.29, 0.717) is 25.9 Å². The van der Waals surface area contributed by atoms with Crippen molar-refractivity contribution in [3.63, 3.8) is 0 Å². The van der Waals surface area contributed by atoms with Crippen LogP contribution in [0, 0.1) is 0 Å². The molecule has 2 aromatic rings. The molecule has 2 rings (SSSR count). The van der Waals surface area contributed by atoms with Crippen LogP contribution >= 0.6 is 0 Å². The van der Waals surface area contributed by atoms with Crippen LogP contribution < -0.4 is 10.1 Å². The third kappa shape index (κ3) is 7.21. The second-order valence-corrected chi connectivity index (χ2v) is 7.43. The fraction of sp³-hybridized carbons (Fsp3) is 0.440. The standard InChI is InChI=1S/C25H34N2O3/c1-4-6-10-17-26-25(29)23(18-20-11-8-7-9-12-20)27(24(28)5-2)19-21-13-15-22(30-3)16-14-21/h7-9,11-16,23H,4-6,10,17-19H2,1-3H3,(H,26,29). The fourth-order valence-electron chi connectivity index (χ4n) is 3.39. The Kier molecular flexibility index (Phi) is 9.92. The molecule has 0 aliphatic rings. The Hall–Kier alpha value is -2.82. The van der Waals surface area contributed by atoms with Gasteiger partial charge in [-0.1, -0.05) is 69.2 Å². The van der Waals surface area contributed by atoms with Gasteiger partial charge in [-0.3, -0.25) is 9.59 Å². The summed E-state index contributed by atoms with van der Waals surface area (Å²) in [6, 6.07) is 16.9. The Morgan fingerprint density at radius 1 is 0.967 bits per heavy atom. The van der Waals surface area contributed by atoms with Crippen LogP contribution in [0.15, 0.2) is 54.6 Å². The van der Waals surface area contributed by atoms with Crippen LogP contribution in [0.25, 0.3) is 0 Å². The lowest BCUT2D eigenvalue weighted by Crippen LogP contribution is -2.50. The minimum Gasteiger partial charge on any atom is -0.497 e. The predicted octanol–water partition coefficient (Wildman–Crippen LogP) is 4.35. The van der Waals surface area contributed by atoms with Gasteiger partial charge in [0.05, 0.1) is 7.11 Å². The Bertz CT molecular complexity index is 775. The Morgan fingerprint density at radius 2 is 1.67 bits per heavy atom. The Balaban J connectivity index is 2.25. The number of carbonyl (C=O) groups is 2. The number of carbonyl (C=O) groups excluding carboxylic acids is 2. The topological polar surface area (TPSA) is 58.6 Å². The van der Waals surface area contributed by atoms with Crippen LogP contribution in [0.2, 0.25) is 0 Å². The van der Waals surface area contributed by atoms with Gasteiger partial charge in [0.15, 0.2) is 0 Å². The van der Waals surface area contributed by atoms with Gasteiger partial charge in [0.25, 0.3) is 0 Å². The molecule has 0 saturated heterocycles. The van der Waals surface area contributed by atoms with Crippen molar-refractivity contribution < 1.29 is 14.3 Å². The molecule has 1 atom stereocenters. The van der Waals surface area contributed by atoms with Crippen molar-refractivity contribution >= 4 is 11.8 Å². The first-order chi connectivity index (χ1) is 14.6. The van der Waals surface area contributed by atoms with Gasteiger partial charge >= 0.3 is 0 Å². The summed E-state index contributed by atoms with van der Waals surface area (Å²) < 4.78 is 5.23. The number of benzene rings is 2. The number of amides is 2. The summed E-state index contributed by atoms with van der Waals surface area (Å²) in [5.41, 5.74) is 2.00. The van der Waals surface area contributed by atoms with Crippen molar-refractivity contribution in [2.75, 3.05) is 13.7 Å². The summed E-state index contributed by atoms with van der Waals surface area (Å²) in [5, 5.41) is 3.05. The molecule has 2 amide bonds. The van der Waals surface area contributed by atoms with Crippen LogP contribution in [-0.2, 0) is 22.6 Å². The normalized spacial score (nSPS) is 11.6. The van der Waals surface area contributed by atoms with Gasteiger partial charge in [-0.15, -0.1) is 0 Å². The van der Waals surface area contributed by atoms with E-state index in [1.807, 2.05) is 61.5 Å². The molecule has 0 aliphatic carbocycles. The van der Waals surface area contributed by atoms with E-state index in [2.05, 4.69) is 12.2 Å². The zero-order chi connectivity index (χ0) is 21.8. The number of methoxy groups -OCH3 is 1. The summed E-state index contributed by atoms with van der Waals surface area (Å²) in [7, 11) is 1.63. The minimum atomic E-state index is -0.552. The van der Waals surface area contributed by atoms with Crippen LogP contribution in [0.1, 0.15) is 50.7 Å². The van der Waals surface area contributed by atoms with Crippen LogP contribution in [-0.4, -0.2) is 36.4 Å². The van der Waals surface area contributed by atoms with Crippen LogP contribution in [0.3, 0.4) is 0 Å². The third-order valence-electron chi connectivity index (χ3n) is 5.17. The van der Waals surface area contributed by atoms with E-state index in [9.17, 15) is 9.59 Å². The van der Waals surface area contributed by atoms with E-state index in [0.717, 1.165) is 36.1 Å². The lowest BCUT2D eigenvalue weighted by molar-refractivity contribution is -0.141. The molecule has 0 saturated carbocycles.